The third-order valence-electron chi connectivity index (χ3n) is 4.32. The molecule has 2 heterocycles. The number of aryl methyl sites for hydroxylation is 1. The monoisotopic (exact) mass is 329 g/mol. The molecule has 2 aromatic heterocycles. The maximum Gasteiger partial charge on any atom is 0.139 e. The van der Waals surface area contributed by atoms with Gasteiger partial charge in [0.2, 0.25) is 0 Å². The first kappa shape index (κ1) is 15.7. The minimum Gasteiger partial charge on any atom is -0.365 e. The van der Waals surface area contributed by atoms with E-state index in [1.54, 1.807) is 0 Å². The van der Waals surface area contributed by atoms with E-state index >= 15 is 0 Å². The Labute approximate surface area is 148 Å². The Kier molecular flexibility index (Phi) is 3.53. The summed E-state index contributed by atoms with van der Waals surface area (Å²) in [6.07, 6.45) is 2.10. The topological polar surface area (TPSA) is 29.3 Å². The van der Waals surface area contributed by atoms with Crippen molar-refractivity contribution in [2.24, 2.45) is 0 Å². The highest BCUT2D eigenvalue weighted by Crippen LogP contribution is 2.35. The zero-order valence-corrected chi connectivity index (χ0v) is 15.2. The van der Waals surface area contributed by atoms with Crippen LogP contribution in [0.1, 0.15) is 26.3 Å². The van der Waals surface area contributed by atoms with Gasteiger partial charge in [0.1, 0.15) is 17.2 Å². The van der Waals surface area contributed by atoms with Gasteiger partial charge in [0, 0.05) is 17.3 Å². The molecule has 1 N–H and O–H groups in total. The number of imidazole rings is 1. The molecular weight excluding hydrogens is 306 g/mol. The Bertz CT molecular complexity index is 1060. The quantitative estimate of drug-likeness (QED) is 0.513. The SMILES string of the molecule is Cc1ccn2c(NC(C)(C)C)c(-c3cccc4ccccc34)nc2c1. The van der Waals surface area contributed by atoms with E-state index in [2.05, 4.69) is 98.2 Å². The molecule has 0 saturated carbocycles. The highest BCUT2D eigenvalue weighted by molar-refractivity contribution is 5.98. The van der Waals surface area contributed by atoms with Crippen molar-refractivity contribution in [3.8, 4) is 11.3 Å². The third-order valence-corrected chi connectivity index (χ3v) is 4.32. The highest BCUT2D eigenvalue weighted by Gasteiger charge is 2.20. The van der Waals surface area contributed by atoms with E-state index < -0.39 is 0 Å². The Balaban J connectivity index is 2.04. The van der Waals surface area contributed by atoms with Crippen LogP contribution in [-0.2, 0) is 0 Å². The number of nitrogens with zero attached hydrogens (tertiary/aromatic N) is 2. The summed E-state index contributed by atoms with van der Waals surface area (Å²) < 4.78 is 2.15. The van der Waals surface area contributed by atoms with Crippen molar-refractivity contribution in [2.45, 2.75) is 33.2 Å². The van der Waals surface area contributed by atoms with E-state index in [-0.39, 0.29) is 5.54 Å². The predicted octanol–water partition coefficient (Wildman–Crippen LogP) is 5.67. The number of nitrogens with one attached hydrogen (secondary N) is 1. The molecule has 0 fully saturated rings. The first-order chi connectivity index (χ1) is 11.9. The van der Waals surface area contributed by atoms with Crippen LogP contribution in [0.5, 0.6) is 0 Å². The number of aromatic nitrogens is 2. The van der Waals surface area contributed by atoms with Gasteiger partial charge in [0.25, 0.3) is 0 Å². The molecule has 0 unspecified atom stereocenters. The van der Waals surface area contributed by atoms with Crippen molar-refractivity contribution in [3.63, 3.8) is 0 Å². The number of anilines is 1. The maximum atomic E-state index is 4.98. The van der Waals surface area contributed by atoms with Crippen molar-refractivity contribution >= 4 is 22.2 Å². The van der Waals surface area contributed by atoms with Gasteiger partial charge < -0.3 is 5.32 Å². The lowest BCUT2D eigenvalue weighted by molar-refractivity contribution is 0.629. The van der Waals surface area contributed by atoms with Gasteiger partial charge in [-0.2, -0.15) is 0 Å². The Hall–Kier alpha value is -2.81. The van der Waals surface area contributed by atoms with Crippen LogP contribution in [0, 0.1) is 6.92 Å². The average Bonchev–Trinajstić information content (AvgIpc) is 2.90. The second-order valence-corrected chi connectivity index (χ2v) is 7.64. The number of pyridine rings is 1. The lowest BCUT2D eigenvalue weighted by Crippen LogP contribution is -2.27. The fourth-order valence-corrected chi connectivity index (χ4v) is 3.24. The molecule has 126 valence electrons. The van der Waals surface area contributed by atoms with Crippen molar-refractivity contribution in [1.82, 2.24) is 9.38 Å². The Morgan fingerprint density at radius 3 is 2.52 bits per heavy atom. The van der Waals surface area contributed by atoms with E-state index in [0.717, 1.165) is 22.7 Å². The first-order valence-corrected chi connectivity index (χ1v) is 8.67. The van der Waals surface area contributed by atoms with Gasteiger partial charge in [-0.05, 0) is 56.2 Å². The van der Waals surface area contributed by atoms with Crippen LogP contribution in [0.4, 0.5) is 5.82 Å². The number of fused-ring (bicyclic) bond motifs is 2. The summed E-state index contributed by atoms with van der Waals surface area (Å²) in [6, 6.07) is 19.1. The third kappa shape index (κ3) is 2.86. The van der Waals surface area contributed by atoms with Crippen LogP contribution in [-0.4, -0.2) is 14.9 Å². The van der Waals surface area contributed by atoms with Crippen LogP contribution in [0.2, 0.25) is 0 Å². The second kappa shape index (κ2) is 5.62. The summed E-state index contributed by atoms with van der Waals surface area (Å²) in [6.45, 7) is 8.62. The molecule has 0 aliphatic rings. The molecule has 0 amide bonds. The van der Waals surface area contributed by atoms with Crippen LogP contribution in [0.15, 0.2) is 60.8 Å². The summed E-state index contributed by atoms with van der Waals surface area (Å²) in [5.74, 6) is 1.04. The zero-order chi connectivity index (χ0) is 17.6. The highest BCUT2D eigenvalue weighted by atomic mass is 15.2. The summed E-state index contributed by atoms with van der Waals surface area (Å²) in [7, 11) is 0. The van der Waals surface area contributed by atoms with E-state index in [4.69, 9.17) is 4.98 Å². The van der Waals surface area contributed by atoms with Gasteiger partial charge in [0.15, 0.2) is 0 Å². The molecule has 0 bridgehead atoms. The summed E-state index contributed by atoms with van der Waals surface area (Å²) in [5, 5.41) is 6.11. The molecule has 4 aromatic rings. The lowest BCUT2D eigenvalue weighted by atomic mass is 10.0. The molecule has 0 saturated heterocycles. The smallest absolute Gasteiger partial charge is 0.139 e. The molecule has 0 spiro atoms. The maximum absolute atomic E-state index is 4.98. The second-order valence-electron chi connectivity index (χ2n) is 7.64. The van der Waals surface area contributed by atoms with Gasteiger partial charge in [-0.15, -0.1) is 0 Å². The summed E-state index contributed by atoms with van der Waals surface area (Å²) >= 11 is 0. The fraction of sp³-hybridized carbons (Fsp3) is 0.227. The number of benzene rings is 2. The molecule has 0 aliphatic carbocycles. The number of rotatable bonds is 2. The zero-order valence-electron chi connectivity index (χ0n) is 15.2. The minimum absolute atomic E-state index is 0.0554. The van der Waals surface area contributed by atoms with Crippen molar-refractivity contribution < 1.29 is 0 Å². The molecular formula is C22H23N3. The van der Waals surface area contributed by atoms with E-state index in [9.17, 15) is 0 Å². The van der Waals surface area contributed by atoms with Crippen LogP contribution in [0.3, 0.4) is 0 Å². The lowest BCUT2D eigenvalue weighted by Gasteiger charge is -2.23. The Morgan fingerprint density at radius 2 is 1.72 bits per heavy atom. The van der Waals surface area contributed by atoms with Gasteiger partial charge in [-0.1, -0.05) is 42.5 Å². The molecule has 3 nitrogen and oxygen atoms in total. The van der Waals surface area contributed by atoms with E-state index in [0.29, 0.717) is 0 Å². The number of hydrogen-bond donors (Lipinski definition) is 1. The van der Waals surface area contributed by atoms with Gasteiger partial charge in [-0.25, -0.2) is 4.98 Å². The molecule has 0 aliphatic heterocycles. The average molecular weight is 329 g/mol. The Morgan fingerprint density at radius 1 is 0.960 bits per heavy atom. The van der Waals surface area contributed by atoms with Crippen molar-refractivity contribution in [2.75, 3.05) is 5.32 Å². The van der Waals surface area contributed by atoms with Gasteiger partial charge in [0.05, 0.1) is 0 Å². The first-order valence-electron chi connectivity index (χ1n) is 8.67. The van der Waals surface area contributed by atoms with Crippen LogP contribution >= 0.6 is 0 Å². The minimum atomic E-state index is -0.0554. The van der Waals surface area contributed by atoms with Gasteiger partial charge >= 0.3 is 0 Å². The van der Waals surface area contributed by atoms with Crippen LogP contribution < -0.4 is 5.32 Å². The van der Waals surface area contributed by atoms with Gasteiger partial charge in [-0.3, -0.25) is 4.40 Å². The molecule has 2 aromatic carbocycles. The summed E-state index contributed by atoms with van der Waals surface area (Å²) in [4.78, 5) is 4.98. The van der Waals surface area contributed by atoms with Crippen molar-refractivity contribution in [1.29, 1.82) is 0 Å². The largest absolute Gasteiger partial charge is 0.365 e. The molecule has 0 radical (unpaired) electrons. The van der Waals surface area contributed by atoms with E-state index in [1.165, 1.54) is 16.3 Å². The van der Waals surface area contributed by atoms with Crippen LogP contribution in [0.25, 0.3) is 27.7 Å². The fourth-order valence-electron chi connectivity index (χ4n) is 3.24. The molecule has 25 heavy (non-hydrogen) atoms. The van der Waals surface area contributed by atoms with E-state index in [1.807, 2.05) is 0 Å². The molecule has 0 atom stereocenters. The molecule has 3 heteroatoms. The predicted molar refractivity (Wildman–Crippen MR) is 106 cm³/mol. The number of hydrogen-bond acceptors (Lipinski definition) is 2. The standard InChI is InChI=1S/C22H23N3/c1-15-12-13-25-19(14-15)23-20(21(25)24-22(2,3)4)18-11-7-9-16-8-5-6-10-17(16)18/h5-14,24H,1-4H3. The van der Waals surface area contributed by atoms with Crippen molar-refractivity contribution in [3.05, 3.63) is 66.4 Å². The molecule has 4 rings (SSSR count). The normalized spacial score (nSPS) is 12.0. The summed E-state index contributed by atoms with van der Waals surface area (Å²) in [5.41, 5.74) is 4.28.